The summed E-state index contributed by atoms with van der Waals surface area (Å²) in [4.78, 5) is 6.10. The molecule has 1 aromatic carbocycles. The van der Waals surface area contributed by atoms with E-state index in [4.69, 9.17) is 17.3 Å². The van der Waals surface area contributed by atoms with Crippen LogP contribution in [0.1, 0.15) is 6.92 Å². The second-order valence-corrected chi connectivity index (χ2v) is 3.40. The molecule has 0 aliphatic heterocycles. The van der Waals surface area contributed by atoms with Gasteiger partial charge in [-0.15, -0.1) is 0 Å². The molecule has 0 atom stereocenters. The summed E-state index contributed by atoms with van der Waals surface area (Å²) in [5, 5.41) is 0.700. The fraction of sp³-hybridized carbons (Fsp3) is 0.300. The topological polar surface area (TPSA) is 41.6 Å². The predicted octanol–water partition coefficient (Wildman–Crippen LogP) is 2.24. The van der Waals surface area contributed by atoms with E-state index >= 15 is 0 Å². The van der Waals surface area contributed by atoms with Crippen LogP contribution in [0.25, 0.3) is 0 Å². The number of aliphatic imine (C=N–C) groups is 1. The van der Waals surface area contributed by atoms with Crippen LogP contribution in [0.4, 0.5) is 5.69 Å². The molecule has 76 valence electrons. The normalized spacial score (nSPS) is 11.5. The highest BCUT2D eigenvalue weighted by Gasteiger charge is 1.98. The monoisotopic (exact) mass is 211 g/mol. The Hall–Kier alpha value is -1.22. The van der Waals surface area contributed by atoms with E-state index in [1.807, 2.05) is 31.0 Å². The SMILES string of the molecule is CCN(C)C(N)=Nc1ccc(Cl)cc1. The fourth-order valence-electron chi connectivity index (χ4n) is 0.895. The average Bonchev–Trinajstić information content (AvgIpc) is 2.20. The van der Waals surface area contributed by atoms with Crippen molar-refractivity contribution in [3.8, 4) is 0 Å². The summed E-state index contributed by atoms with van der Waals surface area (Å²) < 4.78 is 0. The van der Waals surface area contributed by atoms with Gasteiger partial charge in [-0.05, 0) is 31.2 Å². The minimum absolute atomic E-state index is 0.509. The molecule has 0 aromatic heterocycles. The summed E-state index contributed by atoms with van der Waals surface area (Å²) in [6.07, 6.45) is 0. The molecule has 0 spiro atoms. The smallest absolute Gasteiger partial charge is 0.196 e. The number of hydrogen-bond acceptors (Lipinski definition) is 1. The molecule has 4 heteroatoms. The van der Waals surface area contributed by atoms with Gasteiger partial charge in [0.2, 0.25) is 0 Å². The number of nitrogens with two attached hydrogens (primary N) is 1. The van der Waals surface area contributed by atoms with Crippen molar-refractivity contribution in [2.24, 2.45) is 10.7 Å². The lowest BCUT2D eigenvalue weighted by atomic mass is 10.3. The van der Waals surface area contributed by atoms with Gasteiger partial charge in [0.15, 0.2) is 5.96 Å². The van der Waals surface area contributed by atoms with E-state index in [2.05, 4.69) is 4.99 Å². The molecule has 2 N–H and O–H groups in total. The lowest BCUT2D eigenvalue weighted by Gasteiger charge is -2.14. The minimum atomic E-state index is 0.509. The molecular weight excluding hydrogens is 198 g/mol. The maximum Gasteiger partial charge on any atom is 0.196 e. The van der Waals surface area contributed by atoms with Gasteiger partial charge in [-0.1, -0.05) is 11.6 Å². The van der Waals surface area contributed by atoms with Crippen molar-refractivity contribution >= 4 is 23.2 Å². The highest BCUT2D eigenvalue weighted by molar-refractivity contribution is 6.30. The van der Waals surface area contributed by atoms with E-state index in [-0.39, 0.29) is 0 Å². The van der Waals surface area contributed by atoms with Crippen molar-refractivity contribution in [2.45, 2.75) is 6.92 Å². The van der Waals surface area contributed by atoms with Crippen LogP contribution in [0.3, 0.4) is 0 Å². The third-order valence-corrected chi connectivity index (χ3v) is 2.19. The highest BCUT2D eigenvalue weighted by atomic mass is 35.5. The number of benzene rings is 1. The van der Waals surface area contributed by atoms with Gasteiger partial charge in [0.25, 0.3) is 0 Å². The molecule has 3 nitrogen and oxygen atoms in total. The number of nitrogens with zero attached hydrogens (tertiary/aromatic N) is 2. The van der Waals surface area contributed by atoms with Gasteiger partial charge in [-0.25, -0.2) is 4.99 Å². The first-order chi connectivity index (χ1) is 6.63. The van der Waals surface area contributed by atoms with E-state index in [1.54, 1.807) is 12.1 Å². The van der Waals surface area contributed by atoms with Crippen LogP contribution < -0.4 is 5.73 Å². The third-order valence-electron chi connectivity index (χ3n) is 1.94. The Balaban J connectivity index is 2.81. The second kappa shape index (κ2) is 4.86. The molecular formula is C10H14ClN3. The Morgan fingerprint density at radius 1 is 1.43 bits per heavy atom. The summed E-state index contributed by atoms with van der Waals surface area (Å²) >= 11 is 5.75. The first kappa shape index (κ1) is 10.9. The Kier molecular flexibility index (Phi) is 3.77. The highest BCUT2D eigenvalue weighted by Crippen LogP contribution is 2.16. The zero-order chi connectivity index (χ0) is 10.6. The largest absolute Gasteiger partial charge is 0.369 e. The van der Waals surface area contributed by atoms with Gasteiger partial charge >= 0.3 is 0 Å². The van der Waals surface area contributed by atoms with E-state index in [1.165, 1.54) is 0 Å². The quantitative estimate of drug-likeness (QED) is 0.602. The van der Waals surface area contributed by atoms with Crippen molar-refractivity contribution < 1.29 is 0 Å². The van der Waals surface area contributed by atoms with Gasteiger partial charge in [0.1, 0.15) is 0 Å². The fourth-order valence-corrected chi connectivity index (χ4v) is 1.02. The molecule has 0 heterocycles. The number of guanidine groups is 1. The van der Waals surface area contributed by atoms with Crippen molar-refractivity contribution in [3.63, 3.8) is 0 Å². The van der Waals surface area contributed by atoms with Gasteiger partial charge in [0, 0.05) is 18.6 Å². The van der Waals surface area contributed by atoms with Crippen LogP contribution >= 0.6 is 11.6 Å². The molecule has 1 aromatic rings. The molecule has 0 saturated carbocycles. The van der Waals surface area contributed by atoms with E-state index < -0.39 is 0 Å². The van der Waals surface area contributed by atoms with E-state index in [0.717, 1.165) is 12.2 Å². The van der Waals surface area contributed by atoms with Crippen molar-refractivity contribution in [3.05, 3.63) is 29.3 Å². The average molecular weight is 212 g/mol. The van der Waals surface area contributed by atoms with Crippen molar-refractivity contribution in [1.29, 1.82) is 0 Å². The molecule has 0 saturated heterocycles. The van der Waals surface area contributed by atoms with Crippen LogP contribution in [-0.4, -0.2) is 24.5 Å². The summed E-state index contributed by atoms with van der Waals surface area (Å²) in [6.45, 7) is 2.85. The molecule has 0 unspecified atom stereocenters. The van der Waals surface area contributed by atoms with Gasteiger partial charge in [-0.2, -0.15) is 0 Å². The molecule has 0 fully saturated rings. The van der Waals surface area contributed by atoms with Crippen LogP contribution in [0.15, 0.2) is 29.3 Å². The first-order valence-electron chi connectivity index (χ1n) is 4.44. The van der Waals surface area contributed by atoms with Crippen LogP contribution in [0.5, 0.6) is 0 Å². The molecule has 14 heavy (non-hydrogen) atoms. The lowest BCUT2D eigenvalue weighted by molar-refractivity contribution is 0.529. The Morgan fingerprint density at radius 3 is 2.50 bits per heavy atom. The Morgan fingerprint density at radius 2 is 2.00 bits per heavy atom. The van der Waals surface area contributed by atoms with Crippen LogP contribution in [0.2, 0.25) is 5.02 Å². The molecule has 0 radical (unpaired) electrons. The molecule has 0 bridgehead atoms. The molecule has 0 aliphatic carbocycles. The molecule has 0 amide bonds. The van der Waals surface area contributed by atoms with Crippen LogP contribution in [0, 0.1) is 0 Å². The van der Waals surface area contributed by atoms with Gasteiger partial charge in [-0.3, -0.25) is 0 Å². The number of halogens is 1. The third kappa shape index (κ3) is 2.92. The van der Waals surface area contributed by atoms with Gasteiger partial charge in [0.05, 0.1) is 5.69 Å². The van der Waals surface area contributed by atoms with Crippen molar-refractivity contribution in [2.75, 3.05) is 13.6 Å². The van der Waals surface area contributed by atoms with E-state index in [0.29, 0.717) is 11.0 Å². The molecule has 1 rings (SSSR count). The Labute approximate surface area is 89.2 Å². The zero-order valence-corrected chi connectivity index (χ0v) is 9.12. The summed E-state index contributed by atoms with van der Waals surface area (Å²) in [7, 11) is 1.90. The van der Waals surface area contributed by atoms with E-state index in [9.17, 15) is 0 Å². The summed E-state index contributed by atoms with van der Waals surface area (Å²) in [5.41, 5.74) is 6.55. The number of hydrogen-bond donors (Lipinski definition) is 1. The Bertz CT molecular complexity index is 319. The van der Waals surface area contributed by atoms with Gasteiger partial charge < -0.3 is 10.6 Å². The standard InChI is InChI=1S/C10H14ClN3/c1-3-14(2)10(12)13-9-6-4-8(11)5-7-9/h4-7H,3H2,1-2H3,(H2,12,13). The summed E-state index contributed by atoms with van der Waals surface area (Å²) in [5.74, 6) is 0.509. The maximum atomic E-state index is 5.75. The predicted molar refractivity (Wildman–Crippen MR) is 61.0 cm³/mol. The maximum absolute atomic E-state index is 5.75. The number of rotatable bonds is 2. The van der Waals surface area contributed by atoms with Crippen molar-refractivity contribution in [1.82, 2.24) is 4.90 Å². The van der Waals surface area contributed by atoms with Crippen LogP contribution in [-0.2, 0) is 0 Å². The minimum Gasteiger partial charge on any atom is -0.369 e. The second-order valence-electron chi connectivity index (χ2n) is 2.96. The zero-order valence-electron chi connectivity index (χ0n) is 8.37. The molecule has 0 aliphatic rings. The summed E-state index contributed by atoms with van der Waals surface area (Å²) in [6, 6.07) is 7.25. The first-order valence-corrected chi connectivity index (χ1v) is 4.82. The lowest BCUT2D eigenvalue weighted by Crippen LogP contribution is -2.33.